The summed E-state index contributed by atoms with van der Waals surface area (Å²) >= 11 is 0. The predicted octanol–water partition coefficient (Wildman–Crippen LogP) is 1.84. The summed E-state index contributed by atoms with van der Waals surface area (Å²) < 4.78 is 1.60. The average molecular weight is 196 g/mol. The first-order valence-corrected chi connectivity index (χ1v) is 4.57. The highest BCUT2D eigenvalue weighted by Gasteiger charge is 2.16. The largest absolute Gasteiger partial charge is 0.504 e. The van der Waals surface area contributed by atoms with Gasteiger partial charge in [0.25, 0.3) is 0 Å². The summed E-state index contributed by atoms with van der Waals surface area (Å²) in [5, 5.41) is 13.4. The highest BCUT2D eigenvalue weighted by Crippen LogP contribution is 2.20. The molecule has 4 nitrogen and oxygen atoms in total. The van der Waals surface area contributed by atoms with Crippen molar-refractivity contribution in [3.05, 3.63) is 11.9 Å². The minimum Gasteiger partial charge on any atom is -0.504 e. The van der Waals surface area contributed by atoms with Crippen LogP contribution in [0.15, 0.2) is 6.20 Å². The van der Waals surface area contributed by atoms with E-state index in [2.05, 4.69) is 25.9 Å². The second kappa shape index (κ2) is 3.44. The van der Waals surface area contributed by atoms with Crippen LogP contribution in [0.1, 0.15) is 38.2 Å². The van der Waals surface area contributed by atoms with Crippen molar-refractivity contribution >= 4 is 5.78 Å². The van der Waals surface area contributed by atoms with Crippen LogP contribution in [0.4, 0.5) is 0 Å². The first-order chi connectivity index (χ1) is 6.29. The summed E-state index contributed by atoms with van der Waals surface area (Å²) in [5.74, 6) is -0.253. The molecule has 0 spiro atoms. The van der Waals surface area contributed by atoms with Gasteiger partial charge in [0.2, 0.25) is 0 Å². The molecule has 0 aromatic carbocycles. The zero-order valence-electron chi connectivity index (χ0n) is 9.03. The van der Waals surface area contributed by atoms with E-state index in [9.17, 15) is 9.90 Å². The van der Waals surface area contributed by atoms with Crippen LogP contribution in [0, 0.1) is 5.41 Å². The Morgan fingerprint density at radius 1 is 1.57 bits per heavy atom. The van der Waals surface area contributed by atoms with Gasteiger partial charge in [-0.2, -0.15) is 5.10 Å². The zero-order valence-corrected chi connectivity index (χ0v) is 9.03. The fourth-order valence-corrected chi connectivity index (χ4v) is 1.23. The Morgan fingerprint density at radius 3 is 2.50 bits per heavy atom. The predicted molar refractivity (Wildman–Crippen MR) is 53.4 cm³/mol. The summed E-state index contributed by atoms with van der Waals surface area (Å²) in [7, 11) is 0. The third-order valence-electron chi connectivity index (χ3n) is 1.71. The Hall–Kier alpha value is -1.32. The van der Waals surface area contributed by atoms with E-state index in [1.807, 2.05) is 0 Å². The maximum atomic E-state index is 11.0. The molecule has 1 heterocycles. The van der Waals surface area contributed by atoms with Crippen LogP contribution in [0.2, 0.25) is 0 Å². The molecule has 0 fully saturated rings. The molecule has 1 aromatic heterocycles. The van der Waals surface area contributed by atoms with Gasteiger partial charge in [0.05, 0.1) is 6.20 Å². The summed E-state index contributed by atoms with van der Waals surface area (Å²) in [6.45, 7) is 8.27. The van der Waals surface area contributed by atoms with Crippen LogP contribution in [0.5, 0.6) is 5.75 Å². The van der Waals surface area contributed by atoms with Crippen LogP contribution in [0.3, 0.4) is 0 Å². The molecular formula is C10H16N2O2. The molecule has 0 atom stereocenters. The van der Waals surface area contributed by atoms with Gasteiger partial charge in [-0.15, -0.1) is 0 Å². The molecule has 0 aliphatic heterocycles. The molecule has 0 saturated heterocycles. The van der Waals surface area contributed by atoms with Gasteiger partial charge in [-0.1, -0.05) is 20.8 Å². The summed E-state index contributed by atoms with van der Waals surface area (Å²) in [6, 6.07) is 0. The number of carbonyl (C=O) groups is 1. The van der Waals surface area contributed by atoms with E-state index >= 15 is 0 Å². The van der Waals surface area contributed by atoms with Crippen LogP contribution in [0.25, 0.3) is 0 Å². The monoisotopic (exact) mass is 196 g/mol. The normalized spacial score (nSPS) is 11.7. The van der Waals surface area contributed by atoms with Gasteiger partial charge in [0.15, 0.2) is 17.2 Å². The van der Waals surface area contributed by atoms with Crippen molar-refractivity contribution < 1.29 is 9.90 Å². The summed E-state index contributed by atoms with van der Waals surface area (Å²) in [5.41, 5.74) is 0.223. The van der Waals surface area contributed by atoms with E-state index in [4.69, 9.17) is 0 Å². The van der Waals surface area contributed by atoms with Gasteiger partial charge in [-0.05, 0) is 5.41 Å². The number of rotatable bonds is 2. The maximum absolute atomic E-state index is 11.0. The molecule has 0 amide bonds. The van der Waals surface area contributed by atoms with Crippen LogP contribution < -0.4 is 0 Å². The SMILES string of the molecule is CC(=O)c1nn(CC(C)(C)C)cc1O. The number of hydrogen-bond acceptors (Lipinski definition) is 3. The maximum Gasteiger partial charge on any atom is 0.183 e. The highest BCUT2D eigenvalue weighted by atomic mass is 16.3. The topological polar surface area (TPSA) is 55.1 Å². The van der Waals surface area contributed by atoms with E-state index in [-0.39, 0.29) is 22.6 Å². The Kier molecular flexibility index (Phi) is 2.64. The standard InChI is InChI=1S/C10H16N2O2/c1-7(13)9-8(14)5-12(11-9)6-10(2,3)4/h5,14H,6H2,1-4H3. The minimum atomic E-state index is -0.213. The van der Waals surface area contributed by atoms with Gasteiger partial charge in [-0.25, -0.2) is 0 Å². The Bertz CT molecular complexity index is 347. The van der Waals surface area contributed by atoms with Crippen LogP contribution >= 0.6 is 0 Å². The molecule has 0 aliphatic carbocycles. The van der Waals surface area contributed by atoms with Gasteiger partial charge < -0.3 is 5.11 Å². The molecule has 0 bridgehead atoms. The van der Waals surface area contributed by atoms with E-state index in [0.717, 1.165) is 0 Å². The molecule has 1 rings (SSSR count). The number of aromatic nitrogens is 2. The van der Waals surface area contributed by atoms with Crippen molar-refractivity contribution in [3.63, 3.8) is 0 Å². The average Bonchev–Trinajstić information content (AvgIpc) is 2.26. The van der Waals surface area contributed by atoms with E-state index < -0.39 is 0 Å². The van der Waals surface area contributed by atoms with Crippen molar-refractivity contribution in [2.45, 2.75) is 34.2 Å². The number of ketones is 1. The zero-order chi connectivity index (χ0) is 10.9. The third kappa shape index (κ3) is 2.58. The Labute approximate surface area is 83.5 Å². The third-order valence-corrected chi connectivity index (χ3v) is 1.71. The number of carbonyl (C=O) groups excluding carboxylic acids is 1. The van der Waals surface area contributed by atoms with Gasteiger partial charge >= 0.3 is 0 Å². The fourth-order valence-electron chi connectivity index (χ4n) is 1.23. The molecule has 1 aromatic rings. The van der Waals surface area contributed by atoms with Crippen molar-refractivity contribution in [1.82, 2.24) is 9.78 Å². The first-order valence-electron chi connectivity index (χ1n) is 4.57. The lowest BCUT2D eigenvalue weighted by molar-refractivity contribution is 0.100. The number of Topliss-reactive ketones (excluding diaryl/α,β-unsaturated/α-hetero) is 1. The highest BCUT2D eigenvalue weighted by molar-refractivity contribution is 5.94. The molecule has 0 unspecified atom stereocenters. The van der Waals surface area contributed by atoms with E-state index in [1.165, 1.54) is 13.1 Å². The molecule has 78 valence electrons. The molecule has 0 saturated carbocycles. The van der Waals surface area contributed by atoms with Crippen LogP contribution in [-0.4, -0.2) is 20.7 Å². The Morgan fingerprint density at radius 2 is 2.14 bits per heavy atom. The molecular weight excluding hydrogens is 180 g/mol. The summed E-state index contributed by atoms with van der Waals surface area (Å²) in [6.07, 6.45) is 1.49. The van der Waals surface area contributed by atoms with Gasteiger partial charge in [0, 0.05) is 13.5 Å². The Balaban J connectivity index is 2.92. The van der Waals surface area contributed by atoms with E-state index in [0.29, 0.717) is 6.54 Å². The lowest BCUT2D eigenvalue weighted by Gasteiger charge is -2.17. The van der Waals surface area contributed by atoms with E-state index in [1.54, 1.807) is 4.68 Å². The van der Waals surface area contributed by atoms with Gasteiger partial charge in [-0.3, -0.25) is 9.48 Å². The number of hydrogen-bond donors (Lipinski definition) is 1. The minimum absolute atomic E-state index is 0.0400. The molecule has 14 heavy (non-hydrogen) atoms. The van der Waals surface area contributed by atoms with Crippen molar-refractivity contribution in [2.75, 3.05) is 0 Å². The van der Waals surface area contributed by atoms with Crippen molar-refractivity contribution in [1.29, 1.82) is 0 Å². The molecule has 0 aliphatic rings. The lowest BCUT2D eigenvalue weighted by atomic mass is 9.97. The van der Waals surface area contributed by atoms with Gasteiger partial charge in [0.1, 0.15) is 0 Å². The quantitative estimate of drug-likeness (QED) is 0.734. The van der Waals surface area contributed by atoms with Crippen LogP contribution in [-0.2, 0) is 6.54 Å². The molecule has 4 heteroatoms. The molecule has 1 N–H and O–H groups in total. The van der Waals surface area contributed by atoms with Crippen molar-refractivity contribution in [2.24, 2.45) is 5.41 Å². The number of aromatic hydroxyl groups is 1. The summed E-state index contributed by atoms with van der Waals surface area (Å²) in [4.78, 5) is 11.0. The van der Waals surface area contributed by atoms with Crippen molar-refractivity contribution in [3.8, 4) is 5.75 Å². The lowest BCUT2D eigenvalue weighted by Crippen LogP contribution is -2.16. The smallest absolute Gasteiger partial charge is 0.183 e. The molecule has 0 radical (unpaired) electrons. The second-order valence-corrected chi connectivity index (χ2v) is 4.68. The fraction of sp³-hybridized carbons (Fsp3) is 0.600. The second-order valence-electron chi connectivity index (χ2n) is 4.68. The first kappa shape index (κ1) is 10.8. The number of nitrogens with zero attached hydrogens (tertiary/aromatic N) is 2.